The van der Waals surface area contributed by atoms with Crippen LogP contribution in [0.3, 0.4) is 0 Å². The summed E-state index contributed by atoms with van der Waals surface area (Å²) in [5.41, 5.74) is 0.474. The third kappa shape index (κ3) is 4.35. The number of hydrogen-bond donors (Lipinski definition) is 2. The Bertz CT molecular complexity index is 1250. The SMILES string of the molecule is CCN(CC)C(c1ccccc1)(c1ccccc1)c1ccc(S(=O)(=O)O)cc1S(=O)(=O)O. The zero-order valence-electron chi connectivity index (χ0n) is 17.7. The van der Waals surface area contributed by atoms with Gasteiger partial charge in [0.25, 0.3) is 20.2 Å². The van der Waals surface area contributed by atoms with Crippen LogP contribution in [0.2, 0.25) is 0 Å². The summed E-state index contributed by atoms with van der Waals surface area (Å²) >= 11 is 0. The molecule has 0 saturated heterocycles. The van der Waals surface area contributed by atoms with Crippen LogP contribution < -0.4 is 0 Å². The van der Waals surface area contributed by atoms with E-state index in [9.17, 15) is 25.9 Å². The van der Waals surface area contributed by atoms with Gasteiger partial charge in [0.1, 0.15) is 4.90 Å². The summed E-state index contributed by atoms with van der Waals surface area (Å²) < 4.78 is 68.1. The third-order valence-corrected chi connectivity index (χ3v) is 7.28. The topological polar surface area (TPSA) is 112 Å². The fourth-order valence-electron chi connectivity index (χ4n) is 4.25. The number of benzene rings is 3. The second kappa shape index (κ2) is 9.13. The molecule has 0 unspecified atom stereocenters. The van der Waals surface area contributed by atoms with Crippen molar-refractivity contribution in [1.82, 2.24) is 4.90 Å². The van der Waals surface area contributed by atoms with E-state index in [4.69, 9.17) is 0 Å². The highest BCUT2D eigenvalue weighted by Crippen LogP contribution is 2.45. The molecule has 0 spiro atoms. The maximum absolute atomic E-state index is 12.5. The summed E-state index contributed by atoms with van der Waals surface area (Å²) in [5.74, 6) is 0. The molecule has 0 aliphatic rings. The maximum atomic E-state index is 12.5. The van der Waals surface area contributed by atoms with Crippen molar-refractivity contribution in [3.63, 3.8) is 0 Å². The van der Waals surface area contributed by atoms with E-state index >= 15 is 0 Å². The van der Waals surface area contributed by atoms with Crippen LogP contribution in [0.15, 0.2) is 88.7 Å². The second-order valence-corrected chi connectivity index (χ2v) is 10.0. The molecular formula is C23H25NO6S2. The van der Waals surface area contributed by atoms with Crippen molar-refractivity contribution < 1.29 is 25.9 Å². The van der Waals surface area contributed by atoms with E-state index in [2.05, 4.69) is 0 Å². The zero-order chi connectivity index (χ0) is 23.6. The summed E-state index contributed by atoms with van der Waals surface area (Å²) in [5, 5.41) is 0. The molecule has 3 rings (SSSR count). The number of hydrogen-bond acceptors (Lipinski definition) is 5. The molecule has 170 valence electrons. The Kier molecular flexibility index (Phi) is 6.87. The van der Waals surface area contributed by atoms with Crippen LogP contribution in [-0.2, 0) is 25.8 Å². The van der Waals surface area contributed by atoms with Crippen molar-refractivity contribution in [2.24, 2.45) is 0 Å². The molecule has 3 aromatic rings. The van der Waals surface area contributed by atoms with Crippen LogP contribution in [0.5, 0.6) is 0 Å². The molecule has 32 heavy (non-hydrogen) atoms. The van der Waals surface area contributed by atoms with Crippen molar-refractivity contribution in [3.8, 4) is 0 Å². The summed E-state index contributed by atoms with van der Waals surface area (Å²) in [6, 6.07) is 21.7. The van der Waals surface area contributed by atoms with Crippen molar-refractivity contribution >= 4 is 20.2 Å². The molecular weight excluding hydrogens is 450 g/mol. The number of rotatable bonds is 8. The summed E-state index contributed by atoms with van der Waals surface area (Å²) in [7, 11) is -9.57. The van der Waals surface area contributed by atoms with Gasteiger partial charge in [0.15, 0.2) is 0 Å². The molecule has 0 aromatic heterocycles. The first kappa shape index (κ1) is 24.1. The van der Waals surface area contributed by atoms with Gasteiger partial charge in [0, 0.05) is 5.56 Å². The van der Waals surface area contributed by atoms with Gasteiger partial charge >= 0.3 is 0 Å². The fraction of sp³-hybridized carbons (Fsp3) is 0.217. The highest BCUT2D eigenvalue weighted by Gasteiger charge is 2.44. The molecule has 0 aliphatic carbocycles. The second-order valence-electron chi connectivity index (χ2n) is 7.22. The van der Waals surface area contributed by atoms with Gasteiger partial charge in [-0.3, -0.25) is 14.0 Å². The average Bonchev–Trinajstić information content (AvgIpc) is 2.77. The van der Waals surface area contributed by atoms with E-state index < -0.39 is 35.6 Å². The smallest absolute Gasteiger partial charge is 0.287 e. The molecule has 0 aliphatic heterocycles. The lowest BCUT2D eigenvalue weighted by Gasteiger charge is -2.45. The highest BCUT2D eigenvalue weighted by molar-refractivity contribution is 7.86. The van der Waals surface area contributed by atoms with Crippen LogP contribution in [-0.4, -0.2) is 43.9 Å². The van der Waals surface area contributed by atoms with E-state index in [1.807, 2.05) is 79.4 Å². The standard InChI is InChI=1S/C23H25NO6S2/c1-3-24(4-2)23(18-11-7-5-8-12-18,19-13-9-6-10-14-19)21-16-15-20(31(25,26)27)17-22(21)32(28,29)30/h5-17H,3-4H2,1-2H3,(H,25,26,27)(H,28,29,30). The van der Waals surface area contributed by atoms with E-state index in [1.54, 1.807) is 0 Å². The van der Waals surface area contributed by atoms with Gasteiger partial charge in [-0.1, -0.05) is 80.6 Å². The Morgan fingerprint density at radius 1 is 0.719 bits per heavy atom. The lowest BCUT2D eigenvalue weighted by molar-refractivity contribution is 0.172. The summed E-state index contributed by atoms with van der Waals surface area (Å²) in [6.45, 7) is 4.91. The lowest BCUT2D eigenvalue weighted by Crippen LogP contribution is -2.48. The van der Waals surface area contributed by atoms with Gasteiger partial charge in [-0.05, 0) is 36.3 Å². The molecule has 0 heterocycles. The Balaban J connectivity index is 2.58. The van der Waals surface area contributed by atoms with E-state index in [0.29, 0.717) is 13.1 Å². The minimum Gasteiger partial charge on any atom is -0.287 e. The Hall–Kier alpha value is -2.56. The molecule has 2 N–H and O–H groups in total. The highest BCUT2D eigenvalue weighted by atomic mass is 32.2. The largest absolute Gasteiger partial charge is 0.294 e. The first-order valence-corrected chi connectivity index (χ1v) is 12.9. The zero-order valence-corrected chi connectivity index (χ0v) is 19.3. The molecule has 0 bridgehead atoms. The molecule has 9 heteroatoms. The quantitative estimate of drug-likeness (QED) is 0.376. The van der Waals surface area contributed by atoms with Crippen molar-refractivity contribution in [1.29, 1.82) is 0 Å². The molecule has 3 aromatic carbocycles. The van der Waals surface area contributed by atoms with Gasteiger partial charge in [0.2, 0.25) is 0 Å². The van der Waals surface area contributed by atoms with Crippen molar-refractivity contribution in [2.45, 2.75) is 29.2 Å². The first-order valence-electron chi connectivity index (χ1n) is 10.0. The average molecular weight is 476 g/mol. The van der Waals surface area contributed by atoms with Crippen LogP contribution in [0, 0.1) is 0 Å². The van der Waals surface area contributed by atoms with Gasteiger partial charge < -0.3 is 0 Å². The Morgan fingerprint density at radius 2 is 1.19 bits per heavy atom. The van der Waals surface area contributed by atoms with Gasteiger partial charge in [-0.2, -0.15) is 16.8 Å². The monoisotopic (exact) mass is 475 g/mol. The molecule has 0 saturated carbocycles. The van der Waals surface area contributed by atoms with Crippen LogP contribution in [0.1, 0.15) is 30.5 Å². The third-order valence-electron chi connectivity index (χ3n) is 5.54. The maximum Gasteiger partial charge on any atom is 0.294 e. The van der Waals surface area contributed by atoms with Gasteiger partial charge in [-0.25, -0.2) is 0 Å². The van der Waals surface area contributed by atoms with Crippen LogP contribution in [0.25, 0.3) is 0 Å². The van der Waals surface area contributed by atoms with Crippen LogP contribution in [0.4, 0.5) is 0 Å². The van der Waals surface area contributed by atoms with Gasteiger partial charge in [-0.15, -0.1) is 0 Å². The molecule has 0 atom stereocenters. The first-order chi connectivity index (χ1) is 15.1. The Morgan fingerprint density at radius 3 is 1.56 bits per heavy atom. The number of nitrogens with zero attached hydrogens (tertiary/aromatic N) is 1. The predicted molar refractivity (Wildman–Crippen MR) is 122 cm³/mol. The molecule has 0 radical (unpaired) electrons. The normalized spacial score (nSPS) is 12.8. The molecule has 0 amide bonds. The predicted octanol–water partition coefficient (Wildman–Crippen LogP) is 3.81. The summed E-state index contributed by atoms with van der Waals surface area (Å²) in [4.78, 5) is 0.824. The van der Waals surface area contributed by atoms with Gasteiger partial charge in [0.05, 0.1) is 10.4 Å². The minimum atomic E-state index is -4.87. The molecule has 0 fully saturated rings. The Labute approximate surface area is 188 Å². The van der Waals surface area contributed by atoms with E-state index in [0.717, 1.165) is 23.3 Å². The van der Waals surface area contributed by atoms with Crippen LogP contribution >= 0.6 is 0 Å². The summed E-state index contributed by atoms with van der Waals surface area (Å²) in [6.07, 6.45) is 0. The fourth-order valence-corrected chi connectivity index (χ4v) is 5.60. The minimum absolute atomic E-state index is 0.175. The lowest BCUT2D eigenvalue weighted by atomic mass is 9.75. The van der Waals surface area contributed by atoms with Crippen molar-refractivity contribution in [2.75, 3.05) is 13.1 Å². The molecule has 7 nitrogen and oxygen atoms in total. The van der Waals surface area contributed by atoms with Crippen molar-refractivity contribution in [3.05, 3.63) is 95.6 Å². The van der Waals surface area contributed by atoms with E-state index in [1.165, 1.54) is 6.07 Å². The van der Waals surface area contributed by atoms with E-state index in [-0.39, 0.29) is 5.56 Å².